The van der Waals surface area contributed by atoms with Crippen LogP contribution in [0, 0.1) is 0 Å². The number of carbonyl (C=O) groups is 1. The summed E-state index contributed by atoms with van der Waals surface area (Å²) >= 11 is 12.9. The molecule has 6 heteroatoms. The number of nitrogens with zero attached hydrogens (tertiary/aromatic N) is 2. The summed E-state index contributed by atoms with van der Waals surface area (Å²) in [7, 11) is 0. The summed E-state index contributed by atoms with van der Waals surface area (Å²) in [6, 6.07) is 18.2. The number of hydrogen-bond acceptors (Lipinski definition) is 2. The van der Waals surface area contributed by atoms with E-state index in [9.17, 15) is 4.79 Å². The van der Waals surface area contributed by atoms with E-state index in [0.29, 0.717) is 6.04 Å². The van der Waals surface area contributed by atoms with E-state index < -0.39 is 0 Å². The van der Waals surface area contributed by atoms with E-state index in [-0.39, 0.29) is 11.9 Å². The van der Waals surface area contributed by atoms with E-state index in [1.54, 1.807) is 0 Å². The van der Waals surface area contributed by atoms with Crippen LogP contribution in [0.2, 0.25) is 0 Å². The van der Waals surface area contributed by atoms with E-state index in [0.717, 1.165) is 61.8 Å². The molecular weight excluding hydrogens is 666 g/mol. The molecule has 2 aliphatic heterocycles. The van der Waals surface area contributed by atoms with Crippen LogP contribution < -0.4 is 0 Å². The van der Waals surface area contributed by atoms with Gasteiger partial charge >= 0.3 is 270 Å². The minimum absolute atomic E-state index is 0.1000. The first-order valence-corrected chi connectivity index (χ1v) is 17.4. The minimum atomic E-state index is 0.1000. The SMILES string of the molecule is CCCC[C@H](C)N1C(=O)c2ccc3c4ccc5c6c(ccc(c7ccc(c2c73)C1=[Se])c64)C(=S)N([C@@H](C)CCCC)C5=[Se]. The van der Waals surface area contributed by atoms with Gasteiger partial charge in [-0.15, -0.1) is 0 Å². The molecule has 0 aliphatic carbocycles. The van der Waals surface area contributed by atoms with E-state index in [1.165, 1.54) is 56.1 Å². The summed E-state index contributed by atoms with van der Waals surface area (Å²) in [4.78, 5) is 19.2. The average molecular weight is 701 g/mol. The first kappa shape index (κ1) is 28.3. The predicted octanol–water partition coefficient (Wildman–Crippen LogP) is 7.63. The van der Waals surface area contributed by atoms with Crippen molar-refractivity contribution in [1.82, 2.24) is 9.80 Å². The topological polar surface area (TPSA) is 23.6 Å². The van der Waals surface area contributed by atoms with E-state index in [4.69, 9.17) is 12.2 Å². The van der Waals surface area contributed by atoms with Crippen molar-refractivity contribution < 1.29 is 4.79 Å². The molecule has 2 heterocycles. The molecule has 0 saturated carbocycles. The molecule has 5 aromatic carbocycles. The molecule has 0 aromatic heterocycles. The number of fused-ring (bicyclic) bond motifs is 2. The Morgan fingerprint density at radius 2 is 1.02 bits per heavy atom. The molecule has 1 amide bonds. The number of benzene rings is 5. The van der Waals surface area contributed by atoms with Crippen LogP contribution >= 0.6 is 12.2 Å². The second-order valence-corrected chi connectivity index (χ2v) is 14.1. The Morgan fingerprint density at radius 1 is 0.619 bits per heavy atom. The Bertz CT molecular complexity index is 1730. The molecule has 0 fully saturated rings. The van der Waals surface area contributed by atoms with E-state index in [2.05, 4.69) is 112 Å². The van der Waals surface area contributed by atoms with Crippen LogP contribution in [0.15, 0.2) is 48.5 Å². The van der Waals surface area contributed by atoms with Crippen LogP contribution in [-0.2, 0) is 0 Å². The van der Waals surface area contributed by atoms with Crippen molar-refractivity contribution in [3.8, 4) is 0 Å². The molecule has 0 unspecified atom stereocenters. The quantitative estimate of drug-likeness (QED) is 0.0720. The van der Waals surface area contributed by atoms with Crippen molar-refractivity contribution in [3.63, 3.8) is 0 Å². The normalized spacial score (nSPS) is 16.6. The van der Waals surface area contributed by atoms with Gasteiger partial charge in [-0.05, 0) is 0 Å². The molecule has 0 spiro atoms. The van der Waals surface area contributed by atoms with Gasteiger partial charge in [-0.2, -0.15) is 0 Å². The number of carbonyl (C=O) groups excluding carboxylic acids is 1. The van der Waals surface area contributed by atoms with Crippen molar-refractivity contribution in [2.24, 2.45) is 0 Å². The van der Waals surface area contributed by atoms with Crippen LogP contribution in [0.3, 0.4) is 0 Å². The van der Waals surface area contributed by atoms with Gasteiger partial charge in [-0.25, -0.2) is 0 Å². The molecule has 0 N–H and O–H groups in total. The predicted molar refractivity (Wildman–Crippen MR) is 185 cm³/mol. The van der Waals surface area contributed by atoms with Gasteiger partial charge in [-0.3, -0.25) is 0 Å². The fourth-order valence-corrected chi connectivity index (χ4v) is 9.77. The third kappa shape index (κ3) is 3.89. The number of hydrogen-bond donors (Lipinski definition) is 0. The van der Waals surface area contributed by atoms with Crippen molar-refractivity contribution in [3.05, 3.63) is 70.8 Å². The molecule has 2 atom stereocenters. The number of rotatable bonds is 8. The van der Waals surface area contributed by atoms with Gasteiger partial charge in [0.15, 0.2) is 0 Å². The van der Waals surface area contributed by atoms with Crippen LogP contribution in [0.1, 0.15) is 93.3 Å². The summed E-state index contributed by atoms with van der Waals surface area (Å²) in [5.41, 5.74) is 4.29. The van der Waals surface area contributed by atoms with Crippen molar-refractivity contribution in [1.29, 1.82) is 0 Å². The third-order valence-electron chi connectivity index (χ3n) is 9.53. The zero-order valence-corrected chi connectivity index (χ0v) is 28.8. The summed E-state index contributed by atoms with van der Waals surface area (Å²) in [6.45, 7) is 8.90. The van der Waals surface area contributed by atoms with Gasteiger partial charge in [0.1, 0.15) is 0 Å². The molecule has 2 aliphatic rings. The van der Waals surface area contributed by atoms with Crippen LogP contribution in [0.4, 0.5) is 0 Å². The molecule has 212 valence electrons. The Morgan fingerprint density at radius 3 is 1.52 bits per heavy atom. The Kier molecular flexibility index (Phi) is 7.15. The zero-order chi connectivity index (χ0) is 29.4. The number of amides is 1. The van der Waals surface area contributed by atoms with Gasteiger partial charge in [0, 0.05) is 0 Å². The van der Waals surface area contributed by atoms with Gasteiger partial charge < -0.3 is 0 Å². The standard InChI is InChI=1S/C36H34N2OSSe2/c1-5-7-9-19(3)37-33(39)25-15-11-21-24-14-18-28-32-26(34(40)38(36(28)42)20(4)10-8-6-2)16-12-22(30(24)32)23-13-17-27(35(37)41)31(25)29(21)23/h11-20H,5-10H2,1-4H3/t19-,20-/m0/s1. The Labute approximate surface area is 268 Å². The van der Waals surface area contributed by atoms with E-state index in [1.807, 2.05) is 4.90 Å². The van der Waals surface area contributed by atoms with Gasteiger partial charge in [-0.1, -0.05) is 0 Å². The molecule has 0 radical (unpaired) electrons. The maximum absolute atomic E-state index is 14.0. The Balaban J connectivity index is 1.47. The molecule has 42 heavy (non-hydrogen) atoms. The van der Waals surface area contributed by atoms with Gasteiger partial charge in [0.25, 0.3) is 0 Å². The van der Waals surface area contributed by atoms with Crippen molar-refractivity contribution in [2.75, 3.05) is 0 Å². The first-order chi connectivity index (χ1) is 20.3. The molecule has 5 aromatic rings. The summed E-state index contributed by atoms with van der Waals surface area (Å²) < 4.78 is 2.07. The Hall–Kier alpha value is -2.46. The maximum atomic E-state index is 14.0. The molecule has 7 rings (SSSR count). The number of unbranched alkanes of at least 4 members (excludes halogenated alkanes) is 2. The summed E-state index contributed by atoms with van der Waals surface area (Å²) in [6.07, 6.45) is 6.70. The van der Waals surface area contributed by atoms with Crippen LogP contribution in [0.5, 0.6) is 0 Å². The van der Waals surface area contributed by atoms with E-state index >= 15 is 0 Å². The summed E-state index contributed by atoms with van der Waals surface area (Å²) in [5, 5.41) is 9.59. The second-order valence-electron chi connectivity index (χ2n) is 12.1. The fourth-order valence-electron chi connectivity index (χ4n) is 7.36. The van der Waals surface area contributed by atoms with Gasteiger partial charge in [0.2, 0.25) is 0 Å². The summed E-state index contributed by atoms with van der Waals surface area (Å²) in [5.74, 6) is 0.1000. The molecular formula is C36H34N2OSSe2. The third-order valence-corrected chi connectivity index (χ3v) is 11.7. The monoisotopic (exact) mass is 702 g/mol. The number of thiocarbonyl (C=S) groups is 1. The van der Waals surface area contributed by atoms with Crippen LogP contribution in [-0.4, -0.2) is 73.0 Å². The molecule has 3 nitrogen and oxygen atoms in total. The van der Waals surface area contributed by atoms with Gasteiger partial charge in [0.05, 0.1) is 0 Å². The van der Waals surface area contributed by atoms with Crippen LogP contribution in [0.25, 0.3) is 43.1 Å². The average Bonchev–Trinajstić information content (AvgIpc) is 2.99. The van der Waals surface area contributed by atoms with Crippen molar-refractivity contribution in [2.45, 2.75) is 78.3 Å². The first-order valence-electron chi connectivity index (χ1n) is 15.3. The zero-order valence-electron chi connectivity index (χ0n) is 24.5. The molecule has 0 bridgehead atoms. The van der Waals surface area contributed by atoms with Crippen molar-refractivity contribution >= 4 is 106 Å². The fraction of sp³-hybridized carbons (Fsp3) is 0.333. The second kappa shape index (κ2) is 10.6. The molecule has 0 saturated heterocycles.